The lowest BCUT2D eigenvalue weighted by molar-refractivity contribution is -0.123. The van der Waals surface area contributed by atoms with Gasteiger partial charge in [0, 0.05) is 11.2 Å². The average Bonchev–Trinajstić information content (AvgIpc) is 1.82. The molecule has 0 saturated carbocycles. The van der Waals surface area contributed by atoms with Crippen LogP contribution >= 0.6 is 11.8 Å². The number of carbonyl (C=O) groups is 2. The second kappa shape index (κ2) is 2.62. The van der Waals surface area contributed by atoms with E-state index in [4.69, 9.17) is 0 Å². The highest BCUT2D eigenvalue weighted by Gasteiger charge is 2.29. The second-order valence-electron chi connectivity index (χ2n) is 2.39. The molecule has 0 radical (unpaired) electrons. The van der Waals surface area contributed by atoms with Gasteiger partial charge in [0.15, 0.2) is 0 Å². The van der Waals surface area contributed by atoms with Crippen LogP contribution in [-0.4, -0.2) is 16.4 Å². The Morgan fingerprint density at radius 3 is 2.50 bits per heavy atom. The van der Waals surface area contributed by atoms with E-state index in [0.717, 1.165) is 0 Å². The Kier molecular flexibility index (Phi) is 1.99. The third kappa shape index (κ3) is 1.31. The predicted molar refractivity (Wildman–Crippen MR) is 39.8 cm³/mol. The summed E-state index contributed by atoms with van der Waals surface area (Å²) in [7, 11) is 0. The molecule has 1 saturated heterocycles. The fourth-order valence-electron chi connectivity index (χ4n) is 0.728. The molecule has 0 aliphatic carbocycles. The van der Waals surface area contributed by atoms with Crippen molar-refractivity contribution in [3.63, 3.8) is 0 Å². The molecule has 1 heterocycles. The van der Waals surface area contributed by atoms with Crippen LogP contribution in [-0.2, 0) is 4.79 Å². The van der Waals surface area contributed by atoms with E-state index in [2.05, 4.69) is 5.32 Å². The molecule has 4 heteroatoms. The fourth-order valence-corrected chi connectivity index (χ4v) is 1.55. The average molecular weight is 159 g/mol. The molecule has 3 nitrogen and oxygen atoms in total. The third-order valence-electron chi connectivity index (χ3n) is 1.64. The van der Waals surface area contributed by atoms with Gasteiger partial charge in [-0.05, 0) is 0 Å². The van der Waals surface area contributed by atoms with Gasteiger partial charge in [0.05, 0.1) is 0 Å². The minimum absolute atomic E-state index is 0.0531. The number of carbonyl (C=O) groups excluding carboxylic acids is 2. The van der Waals surface area contributed by atoms with E-state index in [1.807, 2.05) is 13.8 Å². The van der Waals surface area contributed by atoms with Crippen LogP contribution in [0.5, 0.6) is 0 Å². The number of rotatable bonds is 0. The summed E-state index contributed by atoms with van der Waals surface area (Å²) < 4.78 is 0. The molecule has 1 aliphatic rings. The summed E-state index contributed by atoms with van der Waals surface area (Å²) in [6.45, 7) is 3.70. The summed E-state index contributed by atoms with van der Waals surface area (Å²) in [5.41, 5.74) is 0. The smallest absolute Gasteiger partial charge is 0.285 e. The van der Waals surface area contributed by atoms with Crippen LogP contribution in [0.2, 0.25) is 0 Å². The molecule has 0 aromatic rings. The number of hydrogen-bond donors (Lipinski definition) is 1. The van der Waals surface area contributed by atoms with Gasteiger partial charge in [-0.15, -0.1) is 0 Å². The molecule has 2 amide bonds. The van der Waals surface area contributed by atoms with Gasteiger partial charge in [-0.2, -0.15) is 0 Å². The van der Waals surface area contributed by atoms with Gasteiger partial charge < -0.3 is 0 Å². The second-order valence-corrected chi connectivity index (χ2v) is 3.74. The zero-order valence-corrected chi connectivity index (χ0v) is 6.70. The Morgan fingerprint density at radius 2 is 2.00 bits per heavy atom. The summed E-state index contributed by atoms with van der Waals surface area (Å²) in [5, 5.41) is 2.13. The Hall–Kier alpha value is -0.510. The first kappa shape index (κ1) is 7.60. The lowest BCUT2D eigenvalue weighted by Crippen LogP contribution is -2.41. The molecule has 0 spiro atoms. The zero-order chi connectivity index (χ0) is 7.72. The molecule has 2 unspecified atom stereocenters. The molecule has 2 atom stereocenters. The van der Waals surface area contributed by atoms with Crippen molar-refractivity contribution in [2.75, 3.05) is 0 Å². The van der Waals surface area contributed by atoms with E-state index in [1.54, 1.807) is 0 Å². The Labute approximate surface area is 63.6 Å². The van der Waals surface area contributed by atoms with Crippen molar-refractivity contribution >= 4 is 22.9 Å². The highest BCUT2D eigenvalue weighted by atomic mass is 32.2. The summed E-state index contributed by atoms with van der Waals surface area (Å²) in [5.74, 6) is -0.209. The van der Waals surface area contributed by atoms with Crippen molar-refractivity contribution in [1.82, 2.24) is 5.32 Å². The Morgan fingerprint density at radius 1 is 1.40 bits per heavy atom. The maximum atomic E-state index is 10.9. The van der Waals surface area contributed by atoms with Crippen LogP contribution in [0.1, 0.15) is 13.8 Å². The fraction of sp³-hybridized carbons (Fsp3) is 0.667. The van der Waals surface area contributed by atoms with E-state index < -0.39 is 0 Å². The van der Waals surface area contributed by atoms with E-state index in [9.17, 15) is 9.59 Å². The summed E-state index contributed by atoms with van der Waals surface area (Å²) in [6.07, 6.45) is 0. The molecule has 1 fully saturated rings. The van der Waals surface area contributed by atoms with Crippen molar-refractivity contribution in [2.24, 2.45) is 5.92 Å². The van der Waals surface area contributed by atoms with Crippen molar-refractivity contribution in [1.29, 1.82) is 0 Å². The van der Waals surface area contributed by atoms with Crippen LogP contribution in [0.15, 0.2) is 0 Å². The quantitative estimate of drug-likeness (QED) is 0.573. The number of nitrogens with one attached hydrogen (secondary N) is 1. The maximum absolute atomic E-state index is 10.9. The molecule has 0 bridgehead atoms. The van der Waals surface area contributed by atoms with Gasteiger partial charge >= 0.3 is 0 Å². The van der Waals surface area contributed by atoms with E-state index >= 15 is 0 Å². The monoisotopic (exact) mass is 159 g/mol. The lowest BCUT2D eigenvalue weighted by atomic mass is 10.1. The first-order valence-corrected chi connectivity index (χ1v) is 4.00. The third-order valence-corrected chi connectivity index (χ3v) is 2.73. The minimum Gasteiger partial charge on any atom is -0.287 e. The number of imide groups is 1. The first-order chi connectivity index (χ1) is 4.61. The topological polar surface area (TPSA) is 46.2 Å². The number of amides is 2. The van der Waals surface area contributed by atoms with Gasteiger partial charge in [0.25, 0.3) is 5.24 Å². The van der Waals surface area contributed by atoms with Crippen LogP contribution in [0, 0.1) is 5.92 Å². The molecule has 0 aromatic carbocycles. The number of hydrogen-bond acceptors (Lipinski definition) is 3. The normalized spacial score (nSPS) is 33.8. The molecular weight excluding hydrogens is 150 g/mol. The van der Waals surface area contributed by atoms with Crippen molar-refractivity contribution in [2.45, 2.75) is 19.1 Å². The van der Waals surface area contributed by atoms with Gasteiger partial charge in [-0.3, -0.25) is 14.9 Å². The zero-order valence-electron chi connectivity index (χ0n) is 5.88. The standard InChI is InChI=1S/C6H9NO2S/c1-3-4(2)10-6(9)7-5(3)8/h3-4H,1-2H3,(H,7,8,9). The van der Waals surface area contributed by atoms with E-state index in [0.29, 0.717) is 0 Å². The first-order valence-electron chi connectivity index (χ1n) is 3.12. The van der Waals surface area contributed by atoms with Crippen molar-refractivity contribution < 1.29 is 9.59 Å². The SMILES string of the molecule is CC1SC(=O)NC(=O)C1C. The van der Waals surface area contributed by atoms with Crippen LogP contribution in [0.3, 0.4) is 0 Å². The molecule has 1 N–H and O–H groups in total. The van der Waals surface area contributed by atoms with Gasteiger partial charge in [-0.25, -0.2) is 0 Å². The minimum atomic E-state index is -0.226. The van der Waals surface area contributed by atoms with Crippen LogP contribution in [0.4, 0.5) is 4.79 Å². The predicted octanol–water partition coefficient (Wildman–Crippen LogP) is 0.994. The van der Waals surface area contributed by atoms with E-state index in [-0.39, 0.29) is 22.3 Å². The van der Waals surface area contributed by atoms with E-state index in [1.165, 1.54) is 11.8 Å². The highest BCUT2D eigenvalue weighted by Crippen LogP contribution is 2.23. The largest absolute Gasteiger partial charge is 0.287 e. The lowest BCUT2D eigenvalue weighted by Gasteiger charge is -2.22. The molecule has 0 aromatic heterocycles. The molecule has 1 aliphatic heterocycles. The van der Waals surface area contributed by atoms with Gasteiger partial charge in [-0.1, -0.05) is 25.6 Å². The van der Waals surface area contributed by atoms with Crippen molar-refractivity contribution in [3.8, 4) is 0 Å². The Bertz CT molecular complexity index is 181. The van der Waals surface area contributed by atoms with Crippen LogP contribution in [0.25, 0.3) is 0 Å². The maximum Gasteiger partial charge on any atom is 0.285 e. The Balaban J connectivity index is 2.66. The molecule has 10 heavy (non-hydrogen) atoms. The molecule has 1 rings (SSSR count). The summed E-state index contributed by atoms with van der Waals surface area (Å²) >= 11 is 1.18. The molecule has 56 valence electrons. The molecular formula is C6H9NO2S. The van der Waals surface area contributed by atoms with Gasteiger partial charge in [0.1, 0.15) is 0 Å². The van der Waals surface area contributed by atoms with Gasteiger partial charge in [0.2, 0.25) is 5.91 Å². The van der Waals surface area contributed by atoms with Crippen LogP contribution < -0.4 is 5.32 Å². The summed E-state index contributed by atoms with van der Waals surface area (Å²) in [4.78, 5) is 21.5. The highest BCUT2D eigenvalue weighted by molar-refractivity contribution is 8.14. The van der Waals surface area contributed by atoms with Crippen molar-refractivity contribution in [3.05, 3.63) is 0 Å². The summed E-state index contributed by atoms with van der Waals surface area (Å²) in [6, 6.07) is 0. The number of thioether (sulfide) groups is 1.